The van der Waals surface area contributed by atoms with Crippen LogP contribution in [0.1, 0.15) is 22.8 Å². The average molecular weight is 228 g/mol. The topological polar surface area (TPSA) is 50.7 Å². The molecule has 0 aliphatic heterocycles. The third-order valence-corrected chi connectivity index (χ3v) is 2.43. The molecule has 1 N–H and O–H groups in total. The lowest BCUT2D eigenvalue weighted by Crippen LogP contribution is -2.06. The Hall–Kier alpha value is -1.97. The van der Waals surface area contributed by atoms with Gasteiger partial charge in [-0.15, -0.1) is 0 Å². The Balaban J connectivity index is 2.04. The van der Waals surface area contributed by atoms with E-state index in [-0.39, 0.29) is 0 Å². The fraction of sp³-hybridized carbons (Fsp3) is 0.308. The summed E-state index contributed by atoms with van der Waals surface area (Å²) in [6.07, 6.45) is 0. The minimum atomic E-state index is 0.635. The molecule has 0 radical (unpaired) electrons. The van der Waals surface area contributed by atoms with Gasteiger partial charge in [0.2, 0.25) is 5.95 Å². The van der Waals surface area contributed by atoms with Crippen molar-refractivity contribution in [2.24, 2.45) is 0 Å². The molecule has 17 heavy (non-hydrogen) atoms. The first kappa shape index (κ1) is 11.5. The quantitative estimate of drug-likeness (QED) is 0.876. The van der Waals surface area contributed by atoms with Crippen molar-refractivity contribution in [2.45, 2.75) is 27.3 Å². The third kappa shape index (κ3) is 3.24. The van der Waals surface area contributed by atoms with Crippen LogP contribution in [0.3, 0.4) is 0 Å². The number of benzene rings is 1. The first-order chi connectivity index (χ1) is 8.13. The minimum absolute atomic E-state index is 0.635. The highest BCUT2D eigenvalue weighted by atomic mass is 15.1. The van der Waals surface area contributed by atoms with Crippen molar-refractivity contribution in [1.82, 2.24) is 15.0 Å². The van der Waals surface area contributed by atoms with Gasteiger partial charge in [-0.3, -0.25) is 0 Å². The average Bonchev–Trinajstić information content (AvgIpc) is 2.27. The van der Waals surface area contributed by atoms with Crippen molar-refractivity contribution in [1.29, 1.82) is 0 Å². The molecule has 0 amide bonds. The van der Waals surface area contributed by atoms with E-state index in [1.807, 2.05) is 13.8 Å². The van der Waals surface area contributed by atoms with Crippen molar-refractivity contribution in [3.05, 3.63) is 47.0 Å². The normalized spacial score (nSPS) is 10.3. The minimum Gasteiger partial charge on any atom is -0.350 e. The Kier molecular flexibility index (Phi) is 3.32. The summed E-state index contributed by atoms with van der Waals surface area (Å²) >= 11 is 0. The first-order valence-corrected chi connectivity index (χ1v) is 5.62. The molecule has 2 rings (SSSR count). The molecule has 0 atom stereocenters. The van der Waals surface area contributed by atoms with Gasteiger partial charge in [0.1, 0.15) is 11.6 Å². The molecule has 1 aromatic carbocycles. The summed E-state index contributed by atoms with van der Waals surface area (Å²) < 4.78 is 0. The number of nitrogens with one attached hydrogen (secondary N) is 1. The number of hydrogen-bond donors (Lipinski definition) is 1. The van der Waals surface area contributed by atoms with Crippen LogP contribution in [0.15, 0.2) is 24.3 Å². The van der Waals surface area contributed by atoms with Crippen LogP contribution in [0.25, 0.3) is 0 Å². The van der Waals surface area contributed by atoms with Gasteiger partial charge >= 0.3 is 0 Å². The molecule has 1 heterocycles. The van der Waals surface area contributed by atoms with E-state index in [2.05, 4.69) is 51.5 Å². The molecule has 0 bridgehead atoms. The summed E-state index contributed by atoms with van der Waals surface area (Å²) in [6.45, 7) is 6.54. The Bertz CT molecular complexity index is 485. The number of aromatic nitrogens is 3. The highest BCUT2D eigenvalue weighted by Gasteiger charge is 2.00. The zero-order valence-electron chi connectivity index (χ0n) is 10.4. The Labute approximate surface area is 101 Å². The standard InChI is InChI=1S/C13H16N4/c1-9-4-6-12(7-5-9)8-14-13-16-10(2)15-11(3)17-13/h4-7H,8H2,1-3H3,(H,14,15,16,17). The van der Waals surface area contributed by atoms with E-state index in [0.29, 0.717) is 5.95 Å². The monoisotopic (exact) mass is 228 g/mol. The number of hydrogen-bond acceptors (Lipinski definition) is 4. The number of aryl methyl sites for hydroxylation is 3. The van der Waals surface area contributed by atoms with Crippen molar-refractivity contribution < 1.29 is 0 Å². The summed E-state index contributed by atoms with van der Waals surface area (Å²) in [4.78, 5) is 12.6. The molecule has 0 aliphatic rings. The molecule has 4 heteroatoms. The molecule has 1 aromatic heterocycles. The maximum absolute atomic E-state index is 4.23. The molecule has 0 saturated heterocycles. The Morgan fingerprint density at radius 3 is 2.06 bits per heavy atom. The van der Waals surface area contributed by atoms with Crippen LogP contribution in [0.4, 0.5) is 5.95 Å². The van der Waals surface area contributed by atoms with Crippen molar-refractivity contribution >= 4 is 5.95 Å². The molecule has 0 fully saturated rings. The van der Waals surface area contributed by atoms with Gasteiger partial charge in [0, 0.05) is 6.54 Å². The highest BCUT2D eigenvalue weighted by molar-refractivity contribution is 5.29. The zero-order chi connectivity index (χ0) is 12.3. The smallest absolute Gasteiger partial charge is 0.226 e. The fourth-order valence-corrected chi connectivity index (χ4v) is 1.58. The van der Waals surface area contributed by atoms with Gasteiger partial charge in [0.15, 0.2) is 0 Å². The molecule has 0 spiro atoms. The third-order valence-electron chi connectivity index (χ3n) is 2.43. The lowest BCUT2D eigenvalue weighted by atomic mass is 10.1. The predicted octanol–water partition coefficient (Wildman–Crippen LogP) is 2.41. The molecule has 0 saturated carbocycles. The van der Waals surface area contributed by atoms with E-state index >= 15 is 0 Å². The molecular formula is C13H16N4. The van der Waals surface area contributed by atoms with E-state index in [1.54, 1.807) is 0 Å². The van der Waals surface area contributed by atoms with Gasteiger partial charge in [-0.2, -0.15) is 9.97 Å². The summed E-state index contributed by atoms with van der Waals surface area (Å²) in [5, 5.41) is 3.20. The van der Waals surface area contributed by atoms with Crippen LogP contribution in [0, 0.1) is 20.8 Å². The van der Waals surface area contributed by atoms with Gasteiger partial charge in [0.05, 0.1) is 0 Å². The Morgan fingerprint density at radius 2 is 1.47 bits per heavy atom. The summed E-state index contributed by atoms with van der Waals surface area (Å²) in [7, 11) is 0. The van der Waals surface area contributed by atoms with Crippen LogP contribution in [0.5, 0.6) is 0 Å². The van der Waals surface area contributed by atoms with Gasteiger partial charge in [0.25, 0.3) is 0 Å². The van der Waals surface area contributed by atoms with Crippen molar-refractivity contribution in [3.8, 4) is 0 Å². The van der Waals surface area contributed by atoms with Gasteiger partial charge < -0.3 is 5.32 Å². The van der Waals surface area contributed by atoms with Crippen LogP contribution < -0.4 is 5.32 Å². The number of anilines is 1. The van der Waals surface area contributed by atoms with E-state index in [9.17, 15) is 0 Å². The number of nitrogens with zero attached hydrogens (tertiary/aromatic N) is 3. The summed E-state index contributed by atoms with van der Waals surface area (Å²) in [5.41, 5.74) is 2.48. The molecule has 4 nitrogen and oxygen atoms in total. The SMILES string of the molecule is Cc1ccc(CNc2nc(C)nc(C)n2)cc1. The number of rotatable bonds is 3. The maximum Gasteiger partial charge on any atom is 0.226 e. The highest BCUT2D eigenvalue weighted by Crippen LogP contribution is 2.06. The van der Waals surface area contributed by atoms with Crippen LogP contribution in [0.2, 0.25) is 0 Å². The maximum atomic E-state index is 4.23. The Morgan fingerprint density at radius 1 is 0.882 bits per heavy atom. The van der Waals surface area contributed by atoms with Gasteiger partial charge in [-0.05, 0) is 26.3 Å². The lowest BCUT2D eigenvalue weighted by Gasteiger charge is -2.06. The molecule has 88 valence electrons. The first-order valence-electron chi connectivity index (χ1n) is 5.62. The van der Waals surface area contributed by atoms with Crippen molar-refractivity contribution in [2.75, 3.05) is 5.32 Å². The molecular weight excluding hydrogens is 212 g/mol. The van der Waals surface area contributed by atoms with Crippen molar-refractivity contribution in [3.63, 3.8) is 0 Å². The second-order valence-electron chi connectivity index (χ2n) is 4.09. The fourth-order valence-electron chi connectivity index (χ4n) is 1.58. The van der Waals surface area contributed by atoms with Gasteiger partial charge in [-0.25, -0.2) is 4.98 Å². The molecule has 0 aliphatic carbocycles. The second kappa shape index (κ2) is 4.91. The van der Waals surface area contributed by atoms with Crippen LogP contribution in [-0.4, -0.2) is 15.0 Å². The lowest BCUT2D eigenvalue weighted by molar-refractivity contribution is 0.908. The van der Waals surface area contributed by atoms with E-state index in [4.69, 9.17) is 0 Å². The summed E-state index contributed by atoms with van der Waals surface area (Å²) in [6, 6.07) is 8.40. The van der Waals surface area contributed by atoms with Crippen LogP contribution in [-0.2, 0) is 6.54 Å². The van der Waals surface area contributed by atoms with E-state index < -0.39 is 0 Å². The molecule has 0 unspecified atom stereocenters. The largest absolute Gasteiger partial charge is 0.350 e. The molecule has 2 aromatic rings. The second-order valence-corrected chi connectivity index (χ2v) is 4.09. The predicted molar refractivity (Wildman–Crippen MR) is 67.8 cm³/mol. The summed E-state index contributed by atoms with van der Waals surface area (Å²) in [5.74, 6) is 2.11. The van der Waals surface area contributed by atoms with E-state index in [0.717, 1.165) is 18.2 Å². The van der Waals surface area contributed by atoms with Crippen LogP contribution >= 0.6 is 0 Å². The van der Waals surface area contributed by atoms with E-state index in [1.165, 1.54) is 11.1 Å². The zero-order valence-corrected chi connectivity index (χ0v) is 10.4. The van der Waals surface area contributed by atoms with Gasteiger partial charge in [-0.1, -0.05) is 29.8 Å².